The second-order valence-corrected chi connectivity index (χ2v) is 4.00. The number of nitrogens with zero attached hydrogens (tertiary/aromatic N) is 2. The molecule has 1 N–H and O–H groups in total. The Labute approximate surface area is 93.9 Å². The molecule has 1 atom stereocenters. The van der Waals surface area contributed by atoms with Gasteiger partial charge in [-0.25, -0.2) is 4.63 Å². The summed E-state index contributed by atoms with van der Waals surface area (Å²) in [4.78, 5) is 11.8. The average molecular weight is 221 g/mol. The predicted molar refractivity (Wildman–Crippen MR) is 57.4 cm³/mol. The van der Waals surface area contributed by atoms with E-state index < -0.39 is 0 Å². The number of amides is 1. The van der Waals surface area contributed by atoms with Crippen molar-refractivity contribution in [2.45, 2.75) is 32.7 Å². The monoisotopic (exact) mass is 221 g/mol. The maximum atomic E-state index is 11.8. The predicted octanol–water partition coefficient (Wildman–Crippen LogP) is 1.35. The Balaban J connectivity index is 1.84. The van der Waals surface area contributed by atoms with Crippen LogP contribution in [0.3, 0.4) is 0 Å². The van der Waals surface area contributed by atoms with Gasteiger partial charge in [0.15, 0.2) is 0 Å². The molecule has 1 heterocycles. The zero-order chi connectivity index (χ0) is 11.4. The van der Waals surface area contributed by atoms with Crippen LogP contribution >= 0.6 is 0 Å². The number of hydrogen-bond donors (Lipinski definition) is 1. The molecule has 0 unspecified atom stereocenters. The van der Waals surface area contributed by atoms with Crippen LogP contribution in [0.2, 0.25) is 0 Å². The molecule has 0 saturated carbocycles. The highest BCUT2D eigenvalue weighted by Gasteiger charge is 2.18. The first kappa shape index (κ1) is 10.9. The van der Waals surface area contributed by atoms with E-state index in [9.17, 15) is 4.79 Å². The van der Waals surface area contributed by atoms with Crippen molar-refractivity contribution in [2.75, 3.05) is 0 Å². The lowest BCUT2D eigenvalue weighted by Crippen LogP contribution is -2.31. The first-order valence-electron chi connectivity index (χ1n) is 5.48. The molecular weight excluding hydrogens is 206 g/mol. The summed E-state index contributed by atoms with van der Waals surface area (Å²) in [6.07, 6.45) is 6.94. The molecule has 1 aromatic rings. The second-order valence-electron chi connectivity index (χ2n) is 4.00. The van der Waals surface area contributed by atoms with Gasteiger partial charge < -0.3 is 5.32 Å². The van der Waals surface area contributed by atoms with Gasteiger partial charge in [0, 0.05) is 5.92 Å². The molecule has 0 bridgehead atoms. The topological polar surface area (TPSA) is 68.0 Å². The van der Waals surface area contributed by atoms with Crippen molar-refractivity contribution < 1.29 is 9.42 Å². The van der Waals surface area contributed by atoms with Crippen LogP contribution in [0.15, 0.2) is 16.8 Å². The minimum absolute atomic E-state index is 0.0896. The number of rotatable bonds is 3. The van der Waals surface area contributed by atoms with Crippen LogP contribution in [0.1, 0.15) is 30.7 Å². The third kappa shape index (κ3) is 2.48. The highest BCUT2D eigenvalue weighted by molar-refractivity contribution is 5.78. The maximum Gasteiger partial charge on any atom is 0.223 e. The van der Waals surface area contributed by atoms with Gasteiger partial charge in [0.2, 0.25) is 5.91 Å². The minimum atomic E-state index is 0.0896. The Kier molecular flexibility index (Phi) is 3.34. The molecule has 0 aliphatic heterocycles. The van der Waals surface area contributed by atoms with Crippen molar-refractivity contribution in [3.05, 3.63) is 23.5 Å². The highest BCUT2D eigenvalue weighted by atomic mass is 16.6. The molecule has 16 heavy (non-hydrogen) atoms. The normalized spacial score (nSPS) is 19.7. The van der Waals surface area contributed by atoms with Gasteiger partial charge in [-0.2, -0.15) is 0 Å². The molecule has 5 heteroatoms. The van der Waals surface area contributed by atoms with Crippen molar-refractivity contribution in [1.82, 2.24) is 15.6 Å². The van der Waals surface area contributed by atoms with Crippen LogP contribution in [0.5, 0.6) is 0 Å². The lowest BCUT2D eigenvalue weighted by molar-refractivity contribution is -0.125. The van der Waals surface area contributed by atoms with Crippen LogP contribution in [-0.2, 0) is 11.3 Å². The summed E-state index contributed by atoms with van der Waals surface area (Å²) in [5, 5.41) is 10.2. The molecule has 1 aliphatic rings. The van der Waals surface area contributed by atoms with E-state index in [0.29, 0.717) is 12.2 Å². The van der Waals surface area contributed by atoms with E-state index >= 15 is 0 Å². The zero-order valence-electron chi connectivity index (χ0n) is 9.27. The van der Waals surface area contributed by atoms with E-state index in [1.165, 1.54) is 0 Å². The molecule has 2 rings (SSSR count). The summed E-state index contributed by atoms with van der Waals surface area (Å²) in [5.41, 5.74) is 1.42. The SMILES string of the molecule is Cc1nonc1CNC(=O)[C@@H]1CC=CCC1. The third-order valence-corrected chi connectivity index (χ3v) is 2.82. The van der Waals surface area contributed by atoms with Crippen LogP contribution in [0, 0.1) is 12.8 Å². The van der Waals surface area contributed by atoms with Gasteiger partial charge in [-0.15, -0.1) is 0 Å². The molecule has 1 amide bonds. The Morgan fingerprint density at radius 1 is 1.56 bits per heavy atom. The van der Waals surface area contributed by atoms with Gasteiger partial charge in [-0.3, -0.25) is 4.79 Å². The van der Waals surface area contributed by atoms with Crippen LogP contribution in [0.25, 0.3) is 0 Å². The fraction of sp³-hybridized carbons (Fsp3) is 0.545. The molecule has 0 saturated heterocycles. The first-order valence-corrected chi connectivity index (χ1v) is 5.48. The van der Waals surface area contributed by atoms with Crippen molar-refractivity contribution in [3.63, 3.8) is 0 Å². The van der Waals surface area contributed by atoms with Crippen LogP contribution in [-0.4, -0.2) is 16.2 Å². The fourth-order valence-electron chi connectivity index (χ4n) is 1.76. The first-order chi connectivity index (χ1) is 7.77. The third-order valence-electron chi connectivity index (χ3n) is 2.82. The largest absolute Gasteiger partial charge is 0.350 e. The molecule has 0 aromatic carbocycles. The van der Waals surface area contributed by atoms with E-state index in [2.05, 4.69) is 32.4 Å². The van der Waals surface area contributed by atoms with Gasteiger partial charge in [-0.1, -0.05) is 22.5 Å². The van der Waals surface area contributed by atoms with Crippen molar-refractivity contribution in [2.24, 2.45) is 5.92 Å². The zero-order valence-corrected chi connectivity index (χ0v) is 9.27. The minimum Gasteiger partial charge on any atom is -0.350 e. The summed E-state index contributed by atoms with van der Waals surface area (Å²) in [6, 6.07) is 0. The molecule has 86 valence electrons. The summed E-state index contributed by atoms with van der Waals surface area (Å²) >= 11 is 0. The molecule has 5 nitrogen and oxygen atoms in total. The Bertz CT molecular complexity index is 398. The van der Waals surface area contributed by atoms with Gasteiger partial charge in [-0.05, 0) is 26.2 Å². The van der Waals surface area contributed by atoms with Crippen LogP contribution < -0.4 is 5.32 Å². The van der Waals surface area contributed by atoms with Crippen LogP contribution in [0.4, 0.5) is 0 Å². The molecule has 1 aromatic heterocycles. The van der Waals surface area contributed by atoms with E-state index in [1.807, 2.05) is 0 Å². The number of aromatic nitrogens is 2. The van der Waals surface area contributed by atoms with Gasteiger partial charge in [0.25, 0.3) is 0 Å². The van der Waals surface area contributed by atoms with E-state index in [4.69, 9.17) is 0 Å². The summed E-state index contributed by atoms with van der Waals surface area (Å²) in [7, 11) is 0. The van der Waals surface area contributed by atoms with E-state index in [0.717, 1.165) is 25.0 Å². The number of carbonyl (C=O) groups is 1. The molecule has 0 radical (unpaired) electrons. The number of allylic oxidation sites excluding steroid dienone is 2. The number of carbonyl (C=O) groups excluding carboxylic acids is 1. The Morgan fingerprint density at radius 2 is 2.44 bits per heavy atom. The van der Waals surface area contributed by atoms with Crippen molar-refractivity contribution in [3.8, 4) is 0 Å². The fourth-order valence-corrected chi connectivity index (χ4v) is 1.76. The lowest BCUT2D eigenvalue weighted by atomic mass is 9.94. The van der Waals surface area contributed by atoms with E-state index in [1.54, 1.807) is 6.92 Å². The quantitative estimate of drug-likeness (QED) is 0.782. The van der Waals surface area contributed by atoms with Crippen molar-refractivity contribution >= 4 is 5.91 Å². The molecular formula is C11H15N3O2. The van der Waals surface area contributed by atoms with Gasteiger partial charge in [0.1, 0.15) is 11.4 Å². The molecule has 0 fully saturated rings. The van der Waals surface area contributed by atoms with Gasteiger partial charge in [0.05, 0.1) is 6.54 Å². The Hall–Kier alpha value is -1.65. The maximum absolute atomic E-state index is 11.8. The lowest BCUT2D eigenvalue weighted by Gasteiger charge is -2.16. The van der Waals surface area contributed by atoms with Gasteiger partial charge >= 0.3 is 0 Å². The second kappa shape index (κ2) is 4.92. The standard InChI is InChI=1S/C11H15N3O2/c1-8-10(14-16-13-8)7-12-11(15)9-5-3-2-4-6-9/h2-3,9H,4-7H2,1H3,(H,12,15)/t9-/m1/s1. The highest BCUT2D eigenvalue weighted by Crippen LogP contribution is 2.18. The molecule has 1 aliphatic carbocycles. The summed E-state index contributed by atoms with van der Waals surface area (Å²) in [6.45, 7) is 2.20. The number of nitrogens with one attached hydrogen (secondary N) is 1. The average Bonchev–Trinajstić information content (AvgIpc) is 2.73. The van der Waals surface area contributed by atoms with E-state index in [-0.39, 0.29) is 11.8 Å². The molecule has 0 spiro atoms. The smallest absolute Gasteiger partial charge is 0.223 e. The summed E-state index contributed by atoms with van der Waals surface area (Å²) in [5.74, 6) is 0.192. The Morgan fingerprint density at radius 3 is 3.06 bits per heavy atom. The number of aryl methyl sites for hydroxylation is 1. The number of hydrogen-bond acceptors (Lipinski definition) is 4. The van der Waals surface area contributed by atoms with Crippen molar-refractivity contribution in [1.29, 1.82) is 0 Å². The summed E-state index contributed by atoms with van der Waals surface area (Å²) < 4.78 is 4.56.